The molecular weight excluding hydrogens is 603 g/mol. The lowest BCUT2D eigenvalue weighted by molar-refractivity contribution is -0.140. The summed E-state index contributed by atoms with van der Waals surface area (Å²) in [5, 5.41) is 3.39. The van der Waals surface area contributed by atoms with Crippen LogP contribution >= 0.6 is 11.6 Å². The van der Waals surface area contributed by atoms with Gasteiger partial charge in [0.1, 0.15) is 12.6 Å². The molecule has 1 aliphatic rings. The summed E-state index contributed by atoms with van der Waals surface area (Å²) in [6.07, 6.45) is -0.239. The molecule has 2 amide bonds. The summed E-state index contributed by atoms with van der Waals surface area (Å²) in [7, 11) is -4.22. The molecule has 3 aromatic carbocycles. The first-order chi connectivity index (χ1) is 20.3. The van der Waals surface area contributed by atoms with E-state index in [0.29, 0.717) is 21.0 Å². The molecule has 1 saturated carbocycles. The van der Waals surface area contributed by atoms with Crippen molar-refractivity contribution in [3.8, 4) is 0 Å². The predicted octanol–water partition coefficient (Wildman–Crippen LogP) is 5.82. The zero-order chi connectivity index (χ0) is 31.2. The molecule has 7 nitrogen and oxygen atoms in total. The molecule has 0 saturated heterocycles. The summed E-state index contributed by atoms with van der Waals surface area (Å²) in [5.74, 6) is -1.17. The Morgan fingerprint density at radius 2 is 1.63 bits per heavy atom. The number of benzene rings is 3. The Kier molecular flexibility index (Phi) is 10.4. The third-order valence-electron chi connectivity index (χ3n) is 7.41. The molecule has 1 aliphatic carbocycles. The summed E-state index contributed by atoms with van der Waals surface area (Å²) in [6, 6.07) is 18.5. The van der Waals surface area contributed by atoms with Crippen molar-refractivity contribution in [3.63, 3.8) is 0 Å². The smallest absolute Gasteiger partial charge is 0.352 e. The van der Waals surface area contributed by atoms with Gasteiger partial charge >= 0.3 is 6.18 Å². The molecular formula is C31H33ClF3N3O4S. The molecule has 0 aliphatic heterocycles. The van der Waals surface area contributed by atoms with Crippen LogP contribution in [0.3, 0.4) is 0 Å². The minimum Gasteiger partial charge on any atom is -0.352 e. The zero-order valence-corrected chi connectivity index (χ0v) is 25.1. The zero-order valence-electron chi connectivity index (χ0n) is 23.6. The maximum atomic E-state index is 14.1. The van der Waals surface area contributed by atoms with Crippen LogP contribution in [0.1, 0.15) is 42.4 Å². The van der Waals surface area contributed by atoms with Crippen LogP contribution in [0, 0.1) is 0 Å². The maximum Gasteiger partial charge on any atom is 0.416 e. The summed E-state index contributed by atoms with van der Waals surface area (Å²) < 4.78 is 66.7. The van der Waals surface area contributed by atoms with Gasteiger partial charge in [-0.1, -0.05) is 79.0 Å². The number of alkyl halides is 3. The molecule has 0 aromatic heterocycles. The fraction of sp³-hybridized carbons (Fsp3) is 0.355. The summed E-state index contributed by atoms with van der Waals surface area (Å²) in [6.45, 7) is -0.957. The summed E-state index contributed by atoms with van der Waals surface area (Å²) >= 11 is 6.44. The predicted molar refractivity (Wildman–Crippen MR) is 160 cm³/mol. The highest BCUT2D eigenvalue weighted by molar-refractivity contribution is 7.92. The molecule has 3 aromatic rings. The van der Waals surface area contributed by atoms with E-state index in [4.69, 9.17) is 11.6 Å². The molecule has 0 unspecified atom stereocenters. The van der Waals surface area contributed by atoms with Gasteiger partial charge in [0.15, 0.2) is 0 Å². The lowest BCUT2D eigenvalue weighted by atomic mass is 10.0. The van der Waals surface area contributed by atoms with Gasteiger partial charge in [-0.2, -0.15) is 13.2 Å². The van der Waals surface area contributed by atoms with Crippen LogP contribution < -0.4 is 9.62 Å². The van der Waals surface area contributed by atoms with Crippen LogP contribution in [-0.2, 0) is 38.8 Å². The SMILES string of the molecule is CS(=O)(=O)N(CC(=O)N(Cc1ccccc1Cl)[C@@H](Cc1ccccc1)C(=O)NC1CCCC1)c1cccc(C(F)(F)F)c1. The van der Waals surface area contributed by atoms with E-state index in [-0.39, 0.29) is 24.7 Å². The van der Waals surface area contributed by atoms with Gasteiger partial charge in [-0.05, 0) is 48.2 Å². The Balaban J connectivity index is 1.75. The van der Waals surface area contributed by atoms with Gasteiger partial charge in [0.05, 0.1) is 17.5 Å². The largest absolute Gasteiger partial charge is 0.416 e. The number of rotatable bonds is 11. The second-order valence-corrected chi connectivity index (χ2v) is 12.9. The Labute approximate surface area is 254 Å². The quantitative estimate of drug-likeness (QED) is 0.288. The van der Waals surface area contributed by atoms with E-state index in [1.54, 1.807) is 36.4 Å². The third kappa shape index (κ3) is 8.73. The average molecular weight is 636 g/mol. The van der Waals surface area contributed by atoms with E-state index in [9.17, 15) is 31.2 Å². The first kappa shape index (κ1) is 32.3. The van der Waals surface area contributed by atoms with Crippen LogP contribution in [0.15, 0.2) is 78.9 Å². The highest BCUT2D eigenvalue weighted by Gasteiger charge is 2.36. The van der Waals surface area contributed by atoms with E-state index in [1.807, 2.05) is 18.2 Å². The number of amides is 2. The van der Waals surface area contributed by atoms with Crippen molar-refractivity contribution >= 4 is 39.1 Å². The number of carbonyl (C=O) groups is 2. The lowest BCUT2D eigenvalue weighted by Gasteiger charge is -2.34. The van der Waals surface area contributed by atoms with Gasteiger partial charge in [0.25, 0.3) is 0 Å². The number of halogens is 4. The highest BCUT2D eigenvalue weighted by Crippen LogP contribution is 2.32. The monoisotopic (exact) mass is 635 g/mol. The first-order valence-corrected chi connectivity index (χ1v) is 16.1. The van der Waals surface area contributed by atoms with Crippen molar-refractivity contribution in [1.29, 1.82) is 0 Å². The van der Waals surface area contributed by atoms with Gasteiger partial charge in [-0.25, -0.2) is 8.42 Å². The molecule has 0 bridgehead atoms. The topological polar surface area (TPSA) is 86.8 Å². The molecule has 43 heavy (non-hydrogen) atoms. The van der Waals surface area contributed by atoms with Crippen LogP contribution in [0.4, 0.5) is 18.9 Å². The first-order valence-electron chi connectivity index (χ1n) is 13.8. The average Bonchev–Trinajstić information content (AvgIpc) is 3.47. The molecule has 0 spiro atoms. The number of carbonyl (C=O) groups excluding carboxylic acids is 2. The molecule has 4 rings (SSSR count). The summed E-state index contributed by atoms with van der Waals surface area (Å²) in [4.78, 5) is 29.2. The fourth-order valence-corrected chi connectivity index (χ4v) is 6.22. The summed E-state index contributed by atoms with van der Waals surface area (Å²) in [5.41, 5.74) is -0.0894. The Hall–Kier alpha value is -3.57. The van der Waals surface area contributed by atoms with Gasteiger partial charge < -0.3 is 10.2 Å². The number of nitrogens with zero attached hydrogens (tertiary/aromatic N) is 2. The Morgan fingerprint density at radius 1 is 0.977 bits per heavy atom. The van der Waals surface area contributed by atoms with Crippen LogP contribution in [0.2, 0.25) is 5.02 Å². The molecule has 1 N–H and O–H groups in total. The number of anilines is 1. The number of hydrogen-bond acceptors (Lipinski definition) is 4. The van der Waals surface area contributed by atoms with E-state index in [2.05, 4.69) is 5.32 Å². The Morgan fingerprint density at radius 3 is 2.26 bits per heavy atom. The molecule has 1 fully saturated rings. The molecule has 230 valence electrons. The maximum absolute atomic E-state index is 14.1. The minimum atomic E-state index is -4.72. The number of nitrogens with one attached hydrogen (secondary N) is 1. The molecule has 12 heteroatoms. The molecule has 0 heterocycles. The third-order valence-corrected chi connectivity index (χ3v) is 8.92. The lowest BCUT2D eigenvalue weighted by Crippen LogP contribution is -2.54. The number of sulfonamides is 1. The highest BCUT2D eigenvalue weighted by atomic mass is 35.5. The van der Waals surface area contributed by atoms with E-state index in [1.165, 1.54) is 11.0 Å². The Bertz CT molecular complexity index is 1530. The van der Waals surface area contributed by atoms with Crippen molar-refractivity contribution in [2.45, 2.75) is 56.9 Å². The van der Waals surface area contributed by atoms with Crippen molar-refractivity contribution in [2.24, 2.45) is 0 Å². The van der Waals surface area contributed by atoms with Crippen molar-refractivity contribution in [2.75, 3.05) is 17.1 Å². The van der Waals surface area contributed by atoms with Crippen LogP contribution in [-0.4, -0.2) is 50.0 Å². The van der Waals surface area contributed by atoms with E-state index in [0.717, 1.165) is 49.6 Å². The molecule has 1 atom stereocenters. The van der Waals surface area contributed by atoms with Crippen molar-refractivity contribution in [3.05, 3.63) is 101 Å². The standard InChI is InChI=1S/C31H33ClF3N3O4S/c1-43(41,42)38(26-16-9-13-24(19-26)31(33,34)35)21-29(39)37(20-23-12-5-8-17-27(23)32)28(18-22-10-3-2-4-11-22)30(40)36-25-14-6-7-15-25/h2-5,8-13,16-17,19,25,28H,6-7,14-15,18,20-21H2,1H3,(H,36,40)/t28-/m0/s1. The fourth-order valence-electron chi connectivity index (χ4n) is 5.18. The normalized spacial score (nSPS) is 14.7. The number of hydrogen-bond donors (Lipinski definition) is 1. The van der Waals surface area contributed by atoms with Crippen molar-refractivity contribution in [1.82, 2.24) is 10.2 Å². The van der Waals surface area contributed by atoms with Gasteiger partial charge in [-0.15, -0.1) is 0 Å². The van der Waals surface area contributed by atoms with Gasteiger partial charge in [0, 0.05) is 24.0 Å². The van der Waals surface area contributed by atoms with Crippen molar-refractivity contribution < 1.29 is 31.2 Å². The van der Waals surface area contributed by atoms with E-state index < -0.39 is 46.2 Å². The van der Waals surface area contributed by atoms with Gasteiger partial charge in [0.2, 0.25) is 21.8 Å². The molecule has 0 radical (unpaired) electrons. The minimum absolute atomic E-state index is 0.0549. The van der Waals surface area contributed by atoms with Crippen LogP contribution in [0.25, 0.3) is 0 Å². The van der Waals surface area contributed by atoms with E-state index >= 15 is 0 Å². The second-order valence-electron chi connectivity index (χ2n) is 10.6. The van der Waals surface area contributed by atoms with Gasteiger partial charge in [-0.3, -0.25) is 13.9 Å². The second kappa shape index (κ2) is 13.8. The van der Waals surface area contributed by atoms with Crippen LogP contribution in [0.5, 0.6) is 0 Å².